The molecule has 1 aromatic carbocycles. The van der Waals surface area contributed by atoms with E-state index in [0.717, 1.165) is 22.1 Å². The van der Waals surface area contributed by atoms with E-state index in [0.29, 0.717) is 18.5 Å². The lowest BCUT2D eigenvalue weighted by Gasteiger charge is -2.33. The SMILES string of the molecule is Cc1nc2c(-c3ccc(F)cc3F)nc(C3C[C@@H](C)O[C@@H](c4cnn(C)c4)C3)cn2c(=O)c1F. The van der Waals surface area contributed by atoms with E-state index < -0.39 is 23.0 Å². The number of rotatable bonds is 3. The van der Waals surface area contributed by atoms with Crippen molar-refractivity contribution in [3.63, 3.8) is 0 Å². The Balaban J connectivity index is 1.69. The summed E-state index contributed by atoms with van der Waals surface area (Å²) in [4.78, 5) is 21.6. The average Bonchev–Trinajstić information content (AvgIpc) is 3.23. The first-order valence-corrected chi connectivity index (χ1v) is 10.9. The second kappa shape index (κ2) is 8.35. The van der Waals surface area contributed by atoms with Gasteiger partial charge in [-0.1, -0.05) is 0 Å². The third-order valence-electron chi connectivity index (χ3n) is 6.15. The van der Waals surface area contributed by atoms with Crippen molar-refractivity contribution in [1.29, 1.82) is 0 Å². The van der Waals surface area contributed by atoms with Crippen molar-refractivity contribution in [1.82, 2.24) is 24.1 Å². The summed E-state index contributed by atoms with van der Waals surface area (Å²) in [5.74, 6) is -2.76. The lowest BCUT2D eigenvalue weighted by Crippen LogP contribution is -2.27. The van der Waals surface area contributed by atoms with E-state index in [2.05, 4.69) is 15.1 Å². The fraction of sp³-hybridized carbons (Fsp3) is 0.333. The van der Waals surface area contributed by atoms with Crippen LogP contribution in [0, 0.1) is 24.4 Å². The Kier molecular flexibility index (Phi) is 5.47. The molecule has 5 rings (SSSR count). The molecule has 0 bridgehead atoms. The van der Waals surface area contributed by atoms with E-state index in [9.17, 15) is 18.0 Å². The molecule has 1 aliphatic heterocycles. The molecular weight excluding hydrogens is 447 g/mol. The Bertz CT molecular complexity index is 1470. The van der Waals surface area contributed by atoms with Crippen LogP contribution >= 0.6 is 0 Å². The fourth-order valence-electron chi connectivity index (χ4n) is 4.51. The molecule has 0 saturated carbocycles. The van der Waals surface area contributed by atoms with Crippen LogP contribution in [0.15, 0.2) is 41.6 Å². The summed E-state index contributed by atoms with van der Waals surface area (Å²) in [6.45, 7) is 3.29. The van der Waals surface area contributed by atoms with Crippen LogP contribution < -0.4 is 5.56 Å². The van der Waals surface area contributed by atoms with Gasteiger partial charge in [0, 0.05) is 42.6 Å². The van der Waals surface area contributed by atoms with Crippen LogP contribution in [0.4, 0.5) is 13.2 Å². The molecular formula is C24H22F3N5O2. The highest BCUT2D eigenvalue weighted by atomic mass is 19.1. The highest BCUT2D eigenvalue weighted by Crippen LogP contribution is 2.40. The quantitative estimate of drug-likeness (QED) is 0.449. The van der Waals surface area contributed by atoms with Gasteiger partial charge in [0.05, 0.1) is 29.8 Å². The number of fused-ring (bicyclic) bond motifs is 1. The number of halogens is 3. The van der Waals surface area contributed by atoms with Crippen LogP contribution in [0.1, 0.15) is 48.7 Å². The van der Waals surface area contributed by atoms with Crippen molar-refractivity contribution in [2.45, 2.75) is 44.8 Å². The summed E-state index contributed by atoms with van der Waals surface area (Å²) in [7, 11) is 1.82. The van der Waals surface area contributed by atoms with Crippen molar-refractivity contribution in [2.24, 2.45) is 7.05 Å². The molecule has 1 saturated heterocycles. The summed E-state index contributed by atoms with van der Waals surface area (Å²) >= 11 is 0. The van der Waals surface area contributed by atoms with Gasteiger partial charge in [0.1, 0.15) is 17.3 Å². The molecule has 7 nitrogen and oxygen atoms in total. The number of hydrogen-bond donors (Lipinski definition) is 0. The maximum absolute atomic E-state index is 14.8. The smallest absolute Gasteiger partial charge is 0.294 e. The first-order valence-electron chi connectivity index (χ1n) is 10.9. The Hall–Kier alpha value is -3.53. The van der Waals surface area contributed by atoms with Gasteiger partial charge in [0.15, 0.2) is 5.65 Å². The molecule has 176 valence electrons. The van der Waals surface area contributed by atoms with Gasteiger partial charge in [-0.25, -0.2) is 18.7 Å². The van der Waals surface area contributed by atoms with Crippen LogP contribution in [-0.4, -0.2) is 30.3 Å². The molecule has 10 heteroatoms. The van der Waals surface area contributed by atoms with Crippen molar-refractivity contribution in [3.8, 4) is 11.3 Å². The summed E-state index contributed by atoms with van der Waals surface area (Å²) in [5, 5.41) is 4.21. The molecule has 1 fully saturated rings. The maximum Gasteiger partial charge on any atom is 0.294 e. The van der Waals surface area contributed by atoms with E-state index in [-0.39, 0.29) is 40.7 Å². The predicted octanol–water partition coefficient (Wildman–Crippen LogP) is 4.24. The second-order valence-electron chi connectivity index (χ2n) is 8.70. The molecule has 0 amide bonds. The minimum absolute atomic E-state index is 0.00192. The van der Waals surface area contributed by atoms with Gasteiger partial charge in [-0.05, 0) is 38.8 Å². The summed E-state index contributed by atoms with van der Waals surface area (Å²) in [6.07, 6.45) is 5.82. The Morgan fingerprint density at radius 2 is 1.91 bits per heavy atom. The fourth-order valence-corrected chi connectivity index (χ4v) is 4.51. The number of aromatic nitrogens is 5. The molecule has 3 aromatic heterocycles. The van der Waals surface area contributed by atoms with Crippen LogP contribution in [0.25, 0.3) is 16.9 Å². The molecule has 0 N–H and O–H groups in total. The van der Waals surface area contributed by atoms with Gasteiger partial charge in [-0.15, -0.1) is 0 Å². The minimum Gasteiger partial charge on any atom is -0.370 e. The lowest BCUT2D eigenvalue weighted by atomic mass is 9.87. The minimum atomic E-state index is -0.992. The average molecular weight is 469 g/mol. The monoisotopic (exact) mass is 469 g/mol. The standard InChI is InChI=1S/C24H22F3N5O2/c1-12-6-14(7-20(34-12)15-9-28-31(3)10-15)19-11-32-23(29-13(2)21(27)24(32)33)22(30-19)17-5-4-16(25)8-18(17)26/h4-5,8-12,14,20H,6-7H2,1-3H3/t12-,14?,20-/m1/s1. The molecule has 4 aromatic rings. The second-order valence-corrected chi connectivity index (χ2v) is 8.70. The number of nitrogens with zero attached hydrogens (tertiary/aromatic N) is 5. The topological polar surface area (TPSA) is 74.3 Å². The van der Waals surface area contributed by atoms with Crippen LogP contribution in [0.2, 0.25) is 0 Å². The van der Waals surface area contributed by atoms with Crippen molar-refractivity contribution in [3.05, 3.63) is 81.5 Å². The summed E-state index contributed by atoms with van der Waals surface area (Å²) < 4.78 is 51.7. The summed E-state index contributed by atoms with van der Waals surface area (Å²) in [5.41, 5.74) is 0.378. The van der Waals surface area contributed by atoms with Crippen LogP contribution in [0.3, 0.4) is 0 Å². The number of hydrogen-bond acceptors (Lipinski definition) is 5. The Morgan fingerprint density at radius 3 is 2.62 bits per heavy atom. The highest BCUT2D eigenvalue weighted by Gasteiger charge is 2.32. The van der Waals surface area contributed by atoms with Crippen LogP contribution in [0.5, 0.6) is 0 Å². The number of benzene rings is 1. The van der Waals surface area contributed by atoms with Crippen molar-refractivity contribution in [2.75, 3.05) is 0 Å². The Labute approximate surface area is 192 Å². The van der Waals surface area contributed by atoms with E-state index in [1.165, 1.54) is 19.2 Å². The molecule has 0 radical (unpaired) electrons. The normalized spacial score (nSPS) is 20.7. The molecule has 0 aliphatic carbocycles. The molecule has 1 aliphatic rings. The zero-order valence-electron chi connectivity index (χ0n) is 18.8. The number of ether oxygens (including phenoxy) is 1. The van der Waals surface area contributed by atoms with Crippen molar-refractivity contribution < 1.29 is 17.9 Å². The predicted molar refractivity (Wildman–Crippen MR) is 118 cm³/mol. The summed E-state index contributed by atoms with van der Waals surface area (Å²) in [6, 6.07) is 3.09. The molecule has 0 spiro atoms. The van der Waals surface area contributed by atoms with E-state index in [1.807, 2.05) is 20.2 Å². The first kappa shape index (κ1) is 22.3. The molecule has 4 heterocycles. The zero-order valence-corrected chi connectivity index (χ0v) is 18.8. The van der Waals surface area contributed by atoms with E-state index >= 15 is 0 Å². The van der Waals surface area contributed by atoms with E-state index in [1.54, 1.807) is 10.9 Å². The zero-order chi connectivity index (χ0) is 24.1. The van der Waals surface area contributed by atoms with Crippen LogP contribution in [-0.2, 0) is 11.8 Å². The number of aryl methyl sites for hydroxylation is 2. The molecule has 1 unspecified atom stereocenters. The Morgan fingerprint density at radius 1 is 1.12 bits per heavy atom. The largest absolute Gasteiger partial charge is 0.370 e. The molecule has 34 heavy (non-hydrogen) atoms. The van der Waals surface area contributed by atoms with Gasteiger partial charge in [0.25, 0.3) is 5.56 Å². The highest BCUT2D eigenvalue weighted by molar-refractivity contribution is 5.74. The van der Waals surface area contributed by atoms with E-state index in [4.69, 9.17) is 4.74 Å². The maximum atomic E-state index is 14.8. The lowest BCUT2D eigenvalue weighted by molar-refractivity contribution is -0.0506. The van der Waals surface area contributed by atoms with Gasteiger partial charge >= 0.3 is 0 Å². The van der Waals surface area contributed by atoms with Crippen molar-refractivity contribution >= 4 is 5.65 Å². The van der Waals surface area contributed by atoms with Gasteiger partial charge < -0.3 is 4.74 Å². The van der Waals surface area contributed by atoms with Gasteiger partial charge in [0.2, 0.25) is 5.82 Å². The third-order valence-corrected chi connectivity index (χ3v) is 6.15. The van der Waals surface area contributed by atoms with Gasteiger partial charge in [-0.3, -0.25) is 13.9 Å². The molecule has 3 atom stereocenters. The third kappa shape index (κ3) is 3.87. The first-order chi connectivity index (χ1) is 16.2. The van der Waals surface area contributed by atoms with Gasteiger partial charge in [-0.2, -0.15) is 9.49 Å².